The molecule has 0 saturated carbocycles. The highest BCUT2D eigenvalue weighted by molar-refractivity contribution is 5.76. The first-order valence-corrected chi connectivity index (χ1v) is 6.66. The number of amides is 1. The lowest BCUT2D eigenvalue weighted by atomic mass is 9.83. The summed E-state index contributed by atoms with van der Waals surface area (Å²) in [6.45, 7) is 4.25. The Morgan fingerprint density at radius 3 is 2.94 bits per heavy atom. The van der Waals surface area contributed by atoms with E-state index in [1.807, 2.05) is 28.5 Å². The maximum Gasteiger partial charge on any atom is 0.250 e. The first-order valence-electron chi connectivity index (χ1n) is 6.66. The molecule has 2 aliphatic heterocycles. The number of rotatable bonds is 1. The molecule has 0 aliphatic carbocycles. The van der Waals surface area contributed by atoms with Crippen molar-refractivity contribution in [3.8, 4) is 0 Å². The van der Waals surface area contributed by atoms with E-state index in [0.717, 1.165) is 31.7 Å². The fourth-order valence-corrected chi connectivity index (χ4v) is 3.32. The van der Waals surface area contributed by atoms with Gasteiger partial charge in [0.1, 0.15) is 0 Å². The third kappa shape index (κ3) is 1.76. The van der Waals surface area contributed by atoms with Crippen LogP contribution in [0.3, 0.4) is 0 Å². The monoisotopic (exact) mass is 246 g/mol. The van der Waals surface area contributed by atoms with Gasteiger partial charge in [-0.15, -0.1) is 0 Å². The fraction of sp³-hybridized carbons (Fsp3) is 0.571. The topological polar surface area (TPSA) is 42.3 Å². The van der Waals surface area contributed by atoms with E-state index in [0.29, 0.717) is 18.3 Å². The number of hydrogen-bond donors (Lipinski definition) is 0. The van der Waals surface area contributed by atoms with Gasteiger partial charge in [-0.05, 0) is 18.4 Å². The molecule has 2 atom stereocenters. The maximum absolute atomic E-state index is 11.8. The zero-order chi connectivity index (χ0) is 12.7. The molecule has 96 valence electrons. The second-order valence-corrected chi connectivity index (χ2v) is 5.35. The number of hydrogen-bond acceptors (Lipinski definition) is 2. The van der Waals surface area contributed by atoms with E-state index in [4.69, 9.17) is 0 Å². The molecule has 1 amide bonds. The number of aromatic nitrogens is 1. The molecule has 0 radical (unpaired) electrons. The maximum atomic E-state index is 11.8. The Balaban J connectivity index is 1.95. The lowest BCUT2D eigenvalue weighted by Crippen LogP contribution is -2.48. The van der Waals surface area contributed by atoms with Crippen LogP contribution >= 0.6 is 0 Å². The first kappa shape index (κ1) is 11.5. The fourth-order valence-electron chi connectivity index (χ4n) is 3.32. The lowest BCUT2D eigenvalue weighted by Gasteiger charge is -2.42. The van der Waals surface area contributed by atoms with Crippen LogP contribution in [0.25, 0.3) is 0 Å². The van der Waals surface area contributed by atoms with Crippen LogP contribution in [-0.2, 0) is 11.3 Å². The molecule has 4 heteroatoms. The lowest BCUT2D eigenvalue weighted by molar-refractivity contribution is -0.133. The van der Waals surface area contributed by atoms with Gasteiger partial charge in [-0.2, -0.15) is 0 Å². The van der Waals surface area contributed by atoms with Crippen LogP contribution < -0.4 is 5.56 Å². The van der Waals surface area contributed by atoms with Crippen molar-refractivity contribution in [2.75, 3.05) is 13.1 Å². The first-order chi connectivity index (χ1) is 8.69. The Kier molecular flexibility index (Phi) is 2.73. The summed E-state index contributed by atoms with van der Waals surface area (Å²) in [4.78, 5) is 25.7. The molecule has 3 rings (SSSR count). The average Bonchev–Trinajstić information content (AvgIpc) is 2.39. The van der Waals surface area contributed by atoms with E-state index < -0.39 is 0 Å². The minimum absolute atomic E-state index is 0.0949. The highest BCUT2D eigenvalue weighted by Crippen LogP contribution is 2.34. The van der Waals surface area contributed by atoms with Gasteiger partial charge in [0.15, 0.2) is 0 Å². The van der Waals surface area contributed by atoms with Gasteiger partial charge < -0.3 is 9.47 Å². The van der Waals surface area contributed by atoms with Gasteiger partial charge in [-0.1, -0.05) is 13.0 Å². The highest BCUT2D eigenvalue weighted by atomic mass is 16.2. The molecule has 0 spiro atoms. The predicted octanol–water partition coefficient (Wildman–Crippen LogP) is 1.20. The molecule has 4 nitrogen and oxygen atoms in total. The van der Waals surface area contributed by atoms with Gasteiger partial charge in [-0.25, -0.2) is 0 Å². The summed E-state index contributed by atoms with van der Waals surface area (Å²) >= 11 is 0. The summed E-state index contributed by atoms with van der Waals surface area (Å²) in [6.07, 6.45) is 1.68. The number of fused-ring (bicyclic) bond motifs is 4. The van der Waals surface area contributed by atoms with Crippen LogP contribution in [-0.4, -0.2) is 28.5 Å². The van der Waals surface area contributed by atoms with Gasteiger partial charge >= 0.3 is 0 Å². The molecule has 2 aliphatic rings. The van der Waals surface area contributed by atoms with Crippen LogP contribution in [0, 0.1) is 5.92 Å². The van der Waals surface area contributed by atoms with E-state index >= 15 is 0 Å². The van der Waals surface area contributed by atoms with Crippen molar-refractivity contribution in [3.05, 3.63) is 34.2 Å². The second-order valence-electron chi connectivity index (χ2n) is 5.35. The van der Waals surface area contributed by atoms with Gasteiger partial charge in [0.05, 0.1) is 0 Å². The summed E-state index contributed by atoms with van der Waals surface area (Å²) < 4.78 is 1.90. The molecule has 2 bridgehead atoms. The SMILES string of the molecule is CCC(=O)N1CC2CC(C1)c1cccc(=O)n1C2. The van der Waals surface area contributed by atoms with Crippen molar-refractivity contribution in [2.24, 2.45) is 5.92 Å². The number of carbonyl (C=O) groups is 1. The molecule has 1 aromatic rings. The van der Waals surface area contributed by atoms with Crippen LogP contribution in [0.1, 0.15) is 31.4 Å². The Bertz CT molecular complexity index is 535. The van der Waals surface area contributed by atoms with Crippen molar-refractivity contribution in [1.29, 1.82) is 0 Å². The highest BCUT2D eigenvalue weighted by Gasteiger charge is 2.35. The van der Waals surface area contributed by atoms with E-state index in [1.165, 1.54) is 0 Å². The zero-order valence-electron chi connectivity index (χ0n) is 10.6. The van der Waals surface area contributed by atoms with Crippen LogP contribution in [0.2, 0.25) is 0 Å². The van der Waals surface area contributed by atoms with Gasteiger partial charge in [-0.3, -0.25) is 9.59 Å². The summed E-state index contributed by atoms with van der Waals surface area (Å²) in [5, 5.41) is 0. The number of piperidine rings is 1. The van der Waals surface area contributed by atoms with Crippen molar-refractivity contribution >= 4 is 5.91 Å². The summed E-state index contributed by atoms with van der Waals surface area (Å²) in [5.41, 5.74) is 1.20. The van der Waals surface area contributed by atoms with Crippen LogP contribution in [0.4, 0.5) is 0 Å². The van der Waals surface area contributed by atoms with Gasteiger partial charge in [0.25, 0.3) is 5.56 Å². The molecule has 18 heavy (non-hydrogen) atoms. The molecular formula is C14H18N2O2. The Morgan fingerprint density at radius 2 is 2.17 bits per heavy atom. The van der Waals surface area contributed by atoms with E-state index in [-0.39, 0.29) is 11.5 Å². The Morgan fingerprint density at radius 1 is 1.33 bits per heavy atom. The van der Waals surface area contributed by atoms with Gasteiger partial charge in [0.2, 0.25) is 5.91 Å². The Labute approximate surface area is 106 Å². The normalized spacial score (nSPS) is 25.7. The predicted molar refractivity (Wildman–Crippen MR) is 68.4 cm³/mol. The molecule has 1 aromatic heterocycles. The van der Waals surface area contributed by atoms with Crippen molar-refractivity contribution in [3.63, 3.8) is 0 Å². The summed E-state index contributed by atoms with van der Waals surface area (Å²) in [7, 11) is 0. The summed E-state index contributed by atoms with van der Waals surface area (Å²) in [6, 6.07) is 5.48. The van der Waals surface area contributed by atoms with E-state index in [1.54, 1.807) is 6.07 Å². The number of likely N-dealkylation sites (tertiary alicyclic amines) is 1. The molecule has 1 saturated heterocycles. The van der Waals surface area contributed by atoms with Crippen LogP contribution in [0.5, 0.6) is 0 Å². The Hall–Kier alpha value is -1.58. The third-order valence-electron chi connectivity index (χ3n) is 4.13. The molecule has 0 aromatic carbocycles. The quantitative estimate of drug-likeness (QED) is 0.747. The number of pyridine rings is 1. The number of nitrogens with zero attached hydrogens (tertiary/aromatic N) is 2. The largest absolute Gasteiger partial charge is 0.342 e. The second kappa shape index (κ2) is 4.26. The van der Waals surface area contributed by atoms with Gasteiger partial charge in [0, 0.05) is 43.7 Å². The standard InChI is InChI=1S/C14H18N2O2/c1-2-13(17)15-7-10-6-11(9-15)12-4-3-5-14(18)16(12)8-10/h3-5,10-11H,2,6-9H2,1H3. The molecule has 3 heterocycles. The smallest absolute Gasteiger partial charge is 0.250 e. The third-order valence-corrected chi connectivity index (χ3v) is 4.13. The average molecular weight is 246 g/mol. The van der Waals surface area contributed by atoms with Crippen molar-refractivity contribution < 1.29 is 4.79 Å². The molecular weight excluding hydrogens is 228 g/mol. The number of carbonyl (C=O) groups excluding carboxylic acids is 1. The molecule has 0 N–H and O–H groups in total. The van der Waals surface area contributed by atoms with Crippen LogP contribution in [0.15, 0.2) is 23.0 Å². The van der Waals surface area contributed by atoms with Crippen molar-refractivity contribution in [1.82, 2.24) is 9.47 Å². The van der Waals surface area contributed by atoms with E-state index in [2.05, 4.69) is 0 Å². The summed E-state index contributed by atoms with van der Waals surface area (Å²) in [5.74, 6) is 1.00. The zero-order valence-corrected chi connectivity index (χ0v) is 10.6. The minimum atomic E-state index is 0.0949. The molecule has 2 unspecified atom stereocenters. The molecule has 1 fully saturated rings. The van der Waals surface area contributed by atoms with Crippen molar-refractivity contribution in [2.45, 2.75) is 32.2 Å². The minimum Gasteiger partial charge on any atom is -0.342 e. The van der Waals surface area contributed by atoms with E-state index in [9.17, 15) is 9.59 Å².